The lowest BCUT2D eigenvalue weighted by atomic mass is 10.0. The number of benzene rings is 1. The molecule has 1 saturated heterocycles. The molecule has 9 heteroatoms. The van der Waals surface area contributed by atoms with E-state index in [-0.39, 0.29) is 24.2 Å². The van der Waals surface area contributed by atoms with Crippen LogP contribution in [0.5, 0.6) is 5.75 Å². The van der Waals surface area contributed by atoms with E-state index in [1.165, 1.54) is 12.1 Å². The zero-order valence-corrected chi connectivity index (χ0v) is 13.9. The molecule has 3 atom stereocenters. The molecule has 0 bridgehead atoms. The molecule has 26 heavy (non-hydrogen) atoms. The summed E-state index contributed by atoms with van der Waals surface area (Å²) in [7, 11) is 0. The fourth-order valence-corrected chi connectivity index (χ4v) is 3.19. The number of ether oxygens (including phenoxy) is 1. The summed E-state index contributed by atoms with van der Waals surface area (Å²) in [5.74, 6) is -1.56. The Morgan fingerprint density at radius 2 is 1.92 bits per heavy atom. The van der Waals surface area contributed by atoms with Crippen LogP contribution < -0.4 is 10.1 Å². The number of aliphatic hydroxyl groups is 2. The van der Waals surface area contributed by atoms with Gasteiger partial charge < -0.3 is 20.1 Å². The van der Waals surface area contributed by atoms with E-state index < -0.39 is 36.3 Å². The van der Waals surface area contributed by atoms with E-state index in [4.69, 9.17) is 9.84 Å². The molecule has 0 radical (unpaired) electrons. The van der Waals surface area contributed by atoms with Gasteiger partial charge in [0.15, 0.2) is 0 Å². The standard InChI is InChI=1S/C17H20N2O7/c20-13-6-5-12(15(23)18-13)19-16(24)10-4-3-9(8-11(10)17(19)25)26-7-1-2-14(21)22/h3-4,8,12-13,15,18,20,23H,1-2,5-7H2,(H,21,22). The summed E-state index contributed by atoms with van der Waals surface area (Å²) in [6.07, 6.45) is -1.16. The summed E-state index contributed by atoms with van der Waals surface area (Å²) in [5, 5.41) is 30.7. The number of carbonyl (C=O) groups excluding carboxylic acids is 2. The van der Waals surface area contributed by atoms with Crippen molar-refractivity contribution in [3.8, 4) is 5.75 Å². The van der Waals surface area contributed by atoms with Crippen LogP contribution in [0.15, 0.2) is 18.2 Å². The summed E-state index contributed by atoms with van der Waals surface area (Å²) < 4.78 is 5.44. The highest BCUT2D eigenvalue weighted by Gasteiger charge is 2.44. The lowest BCUT2D eigenvalue weighted by Gasteiger charge is -2.36. The zero-order valence-electron chi connectivity index (χ0n) is 13.9. The minimum absolute atomic E-state index is 0.0193. The number of aliphatic hydroxyl groups excluding tert-OH is 2. The van der Waals surface area contributed by atoms with E-state index in [0.717, 1.165) is 4.90 Å². The van der Waals surface area contributed by atoms with Gasteiger partial charge >= 0.3 is 5.97 Å². The molecule has 3 unspecified atom stereocenters. The number of piperidine rings is 1. The quantitative estimate of drug-likeness (QED) is 0.406. The molecule has 2 amide bonds. The van der Waals surface area contributed by atoms with Gasteiger partial charge in [-0.2, -0.15) is 0 Å². The number of carboxylic acid groups (broad SMARTS) is 1. The van der Waals surface area contributed by atoms with E-state index in [0.29, 0.717) is 25.0 Å². The maximum Gasteiger partial charge on any atom is 0.303 e. The average Bonchev–Trinajstić information content (AvgIpc) is 2.83. The topological polar surface area (TPSA) is 136 Å². The van der Waals surface area contributed by atoms with E-state index in [2.05, 4.69) is 5.32 Å². The van der Waals surface area contributed by atoms with Gasteiger partial charge in [0.2, 0.25) is 0 Å². The van der Waals surface area contributed by atoms with Crippen molar-refractivity contribution in [1.82, 2.24) is 10.2 Å². The van der Waals surface area contributed by atoms with Gasteiger partial charge in [-0.1, -0.05) is 0 Å². The number of carboxylic acids is 1. The van der Waals surface area contributed by atoms with Crippen molar-refractivity contribution in [3.05, 3.63) is 29.3 Å². The zero-order chi connectivity index (χ0) is 18.8. The minimum Gasteiger partial charge on any atom is -0.494 e. The van der Waals surface area contributed by atoms with Crippen LogP contribution >= 0.6 is 0 Å². The minimum atomic E-state index is -1.20. The molecule has 0 aliphatic carbocycles. The smallest absolute Gasteiger partial charge is 0.303 e. The molecule has 2 aliphatic heterocycles. The first-order chi connectivity index (χ1) is 12.4. The number of imide groups is 1. The Balaban J connectivity index is 1.72. The van der Waals surface area contributed by atoms with Crippen molar-refractivity contribution in [2.75, 3.05) is 6.61 Å². The predicted molar refractivity (Wildman–Crippen MR) is 87.5 cm³/mol. The number of nitrogens with one attached hydrogen (secondary N) is 1. The molecule has 0 spiro atoms. The van der Waals surface area contributed by atoms with Gasteiger partial charge in [-0.3, -0.25) is 24.6 Å². The Hall–Kier alpha value is -2.49. The van der Waals surface area contributed by atoms with E-state index in [1.54, 1.807) is 6.07 Å². The van der Waals surface area contributed by atoms with Crippen LogP contribution in [0.25, 0.3) is 0 Å². The SMILES string of the molecule is O=C(O)CCCOc1ccc2c(c1)C(=O)N(C1CCC(O)NC1O)C2=O. The molecular formula is C17H20N2O7. The van der Waals surface area contributed by atoms with Gasteiger partial charge in [-0.25, -0.2) is 0 Å². The molecular weight excluding hydrogens is 344 g/mol. The third-order valence-electron chi connectivity index (χ3n) is 4.49. The number of hydrogen-bond donors (Lipinski definition) is 4. The first-order valence-corrected chi connectivity index (χ1v) is 8.37. The van der Waals surface area contributed by atoms with Crippen molar-refractivity contribution in [1.29, 1.82) is 0 Å². The maximum atomic E-state index is 12.7. The van der Waals surface area contributed by atoms with Gasteiger partial charge in [0.05, 0.1) is 23.8 Å². The highest BCUT2D eigenvalue weighted by Crippen LogP contribution is 2.31. The molecule has 2 aliphatic rings. The van der Waals surface area contributed by atoms with Crippen LogP contribution in [0, 0.1) is 0 Å². The second-order valence-corrected chi connectivity index (χ2v) is 6.31. The maximum absolute atomic E-state index is 12.7. The van der Waals surface area contributed by atoms with Crippen LogP contribution in [0.3, 0.4) is 0 Å². The molecule has 1 fully saturated rings. The highest BCUT2D eigenvalue weighted by atomic mass is 16.5. The number of aliphatic carboxylic acids is 1. The Bertz CT molecular complexity index is 736. The molecule has 1 aromatic rings. The number of rotatable bonds is 6. The van der Waals surface area contributed by atoms with Gasteiger partial charge in [-0.05, 0) is 37.5 Å². The average molecular weight is 364 g/mol. The van der Waals surface area contributed by atoms with Gasteiger partial charge in [0, 0.05) is 6.42 Å². The van der Waals surface area contributed by atoms with E-state index >= 15 is 0 Å². The van der Waals surface area contributed by atoms with Gasteiger partial charge in [-0.15, -0.1) is 0 Å². The van der Waals surface area contributed by atoms with Gasteiger partial charge in [0.25, 0.3) is 11.8 Å². The molecule has 0 saturated carbocycles. The predicted octanol–water partition coefficient (Wildman–Crippen LogP) is -0.0850. The second kappa shape index (κ2) is 7.40. The summed E-state index contributed by atoms with van der Waals surface area (Å²) >= 11 is 0. The number of fused-ring (bicyclic) bond motifs is 1. The van der Waals surface area contributed by atoms with Crippen molar-refractivity contribution >= 4 is 17.8 Å². The van der Waals surface area contributed by atoms with Crippen LogP contribution in [0.2, 0.25) is 0 Å². The number of amides is 2. The van der Waals surface area contributed by atoms with Crippen molar-refractivity contribution < 1.29 is 34.4 Å². The fourth-order valence-electron chi connectivity index (χ4n) is 3.19. The number of carbonyl (C=O) groups is 3. The molecule has 140 valence electrons. The summed E-state index contributed by atoms with van der Waals surface area (Å²) in [6, 6.07) is 3.73. The first kappa shape index (κ1) is 18.3. The van der Waals surface area contributed by atoms with Gasteiger partial charge in [0.1, 0.15) is 18.2 Å². The monoisotopic (exact) mass is 364 g/mol. The molecule has 9 nitrogen and oxygen atoms in total. The summed E-state index contributed by atoms with van der Waals surface area (Å²) in [5.41, 5.74) is 0.412. The van der Waals surface area contributed by atoms with E-state index in [9.17, 15) is 24.6 Å². The third-order valence-corrected chi connectivity index (χ3v) is 4.49. The molecule has 0 aromatic heterocycles. The highest BCUT2D eigenvalue weighted by molar-refractivity contribution is 6.21. The molecule has 4 N–H and O–H groups in total. The third kappa shape index (κ3) is 3.55. The van der Waals surface area contributed by atoms with Crippen LogP contribution in [0.4, 0.5) is 0 Å². The van der Waals surface area contributed by atoms with Crippen LogP contribution in [0.1, 0.15) is 46.4 Å². The Kier molecular flexibility index (Phi) is 5.21. The normalized spacial score (nSPS) is 25.3. The second-order valence-electron chi connectivity index (χ2n) is 6.31. The van der Waals surface area contributed by atoms with Crippen molar-refractivity contribution in [2.24, 2.45) is 0 Å². The Labute approximate surface area is 149 Å². The Morgan fingerprint density at radius 3 is 2.62 bits per heavy atom. The lowest BCUT2D eigenvalue weighted by Crippen LogP contribution is -2.58. The number of nitrogens with zero attached hydrogens (tertiary/aromatic N) is 1. The summed E-state index contributed by atoms with van der Waals surface area (Å²) in [4.78, 5) is 36.8. The van der Waals surface area contributed by atoms with E-state index in [1.807, 2.05) is 0 Å². The van der Waals surface area contributed by atoms with Crippen LogP contribution in [-0.4, -0.2) is 63.1 Å². The molecule has 3 rings (SSSR count). The largest absolute Gasteiger partial charge is 0.494 e. The first-order valence-electron chi connectivity index (χ1n) is 8.37. The Morgan fingerprint density at radius 1 is 1.19 bits per heavy atom. The fraction of sp³-hybridized carbons (Fsp3) is 0.471. The molecule has 2 heterocycles. The van der Waals surface area contributed by atoms with Crippen molar-refractivity contribution in [3.63, 3.8) is 0 Å². The summed E-state index contributed by atoms with van der Waals surface area (Å²) in [6.45, 7) is 0.181. The molecule has 1 aromatic carbocycles. The number of hydrogen-bond acceptors (Lipinski definition) is 7. The van der Waals surface area contributed by atoms with Crippen molar-refractivity contribution in [2.45, 2.75) is 44.2 Å². The lowest BCUT2D eigenvalue weighted by molar-refractivity contribution is -0.137. The van der Waals surface area contributed by atoms with Crippen LogP contribution in [-0.2, 0) is 4.79 Å².